The van der Waals surface area contributed by atoms with Gasteiger partial charge in [0.2, 0.25) is 17.7 Å². The van der Waals surface area contributed by atoms with Crippen molar-refractivity contribution in [3.05, 3.63) is 54.1 Å². The summed E-state index contributed by atoms with van der Waals surface area (Å²) in [7, 11) is 1.55. The van der Waals surface area contributed by atoms with Crippen molar-refractivity contribution in [2.45, 2.75) is 19.8 Å². The Labute approximate surface area is 170 Å². The van der Waals surface area contributed by atoms with Crippen molar-refractivity contribution in [2.75, 3.05) is 37.0 Å². The van der Waals surface area contributed by atoms with E-state index in [0.717, 1.165) is 17.7 Å². The molecule has 152 valence electrons. The highest BCUT2D eigenvalue weighted by Gasteiger charge is 2.26. The van der Waals surface area contributed by atoms with Crippen molar-refractivity contribution in [1.82, 2.24) is 4.90 Å². The average molecular weight is 395 g/mol. The summed E-state index contributed by atoms with van der Waals surface area (Å²) in [4.78, 5) is 40.3. The van der Waals surface area contributed by atoms with Crippen molar-refractivity contribution in [1.29, 1.82) is 0 Å². The number of para-hydroxylation sites is 3. The molecule has 0 aliphatic carbocycles. The lowest BCUT2D eigenvalue weighted by atomic mass is 10.1. The summed E-state index contributed by atoms with van der Waals surface area (Å²) in [6.45, 7) is 2.04. The van der Waals surface area contributed by atoms with Crippen LogP contribution < -0.4 is 15.0 Å². The van der Waals surface area contributed by atoms with E-state index in [0.29, 0.717) is 11.4 Å². The largest absolute Gasteiger partial charge is 0.491 e. The second kappa shape index (κ2) is 9.23. The summed E-state index contributed by atoms with van der Waals surface area (Å²) >= 11 is 0. The SMILES string of the molecule is CCc1ccccc1NC(=O)CN(C)C(=O)CN1C(=O)CCOc2ccccc21. The van der Waals surface area contributed by atoms with Crippen LogP contribution >= 0.6 is 0 Å². The van der Waals surface area contributed by atoms with Crippen LogP contribution in [0, 0.1) is 0 Å². The van der Waals surface area contributed by atoms with E-state index in [1.807, 2.05) is 37.3 Å². The summed E-state index contributed by atoms with van der Waals surface area (Å²) in [6, 6.07) is 14.7. The van der Waals surface area contributed by atoms with E-state index in [-0.39, 0.29) is 43.8 Å². The molecule has 0 aromatic heterocycles. The fourth-order valence-corrected chi connectivity index (χ4v) is 3.19. The molecule has 1 aliphatic heterocycles. The highest BCUT2D eigenvalue weighted by molar-refractivity contribution is 6.01. The van der Waals surface area contributed by atoms with Gasteiger partial charge in [0.1, 0.15) is 12.3 Å². The number of carbonyl (C=O) groups excluding carboxylic acids is 3. The number of hydrogen-bond donors (Lipinski definition) is 1. The predicted molar refractivity (Wildman–Crippen MR) is 111 cm³/mol. The van der Waals surface area contributed by atoms with E-state index >= 15 is 0 Å². The number of likely N-dealkylation sites (N-methyl/N-ethyl adjacent to an activating group) is 1. The second-order valence-electron chi connectivity index (χ2n) is 6.85. The molecule has 0 atom stereocenters. The number of benzene rings is 2. The standard InChI is InChI=1S/C22H25N3O4/c1-3-16-8-4-5-9-17(16)23-20(26)14-24(2)22(28)15-25-18-10-6-7-11-19(18)29-13-12-21(25)27/h4-11H,3,12-15H2,1-2H3,(H,23,26). The Morgan fingerprint density at radius 3 is 2.66 bits per heavy atom. The Hall–Kier alpha value is -3.35. The molecule has 7 nitrogen and oxygen atoms in total. The molecule has 1 N–H and O–H groups in total. The Balaban J connectivity index is 1.64. The molecule has 0 bridgehead atoms. The van der Waals surface area contributed by atoms with Gasteiger partial charge >= 0.3 is 0 Å². The normalized spacial score (nSPS) is 13.2. The first-order valence-electron chi connectivity index (χ1n) is 9.63. The van der Waals surface area contributed by atoms with Crippen molar-refractivity contribution in [2.24, 2.45) is 0 Å². The zero-order valence-electron chi connectivity index (χ0n) is 16.7. The predicted octanol–water partition coefficient (Wildman–Crippen LogP) is 2.46. The van der Waals surface area contributed by atoms with Crippen molar-refractivity contribution in [3.63, 3.8) is 0 Å². The molecule has 7 heteroatoms. The monoisotopic (exact) mass is 395 g/mol. The van der Waals surface area contributed by atoms with Crippen LogP contribution in [0.4, 0.5) is 11.4 Å². The van der Waals surface area contributed by atoms with Gasteiger partial charge in [-0.3, -0.25) is 19.3 Å². The number of fused-ring (bicyclic) bond motifs is 1. The molecule has 2 aromatic rings. The van der Waals surface area contributed by atoms with Gasteiger partial charge in [-0.25, -0.2) is 0 Å². The Morgan fingerprint density at radius 1 is 1.14 bits per heavy atom. The molecule has 0 saturated carbocycles. The lowest BCUT2D eigenvalue weighted by molar-refractivity contribution is -0.133. The molecule has 3 amide bonds. The lowest BCUT2D eigenvalue weighted by Gasteiger charge is -2.24. The number of nitrogens with zero attached hydrogens (tertiary/aromatic N) is 2. The highest BCUT2D eigenvalue weighted by atomic mass is 16.5. The van der Waals surface area contributed by atoms with Gasteiger partial charge in [-0.1, -0.05) is 37.3 Å². The van der Waals surface area contributed by atoms with Crippen LogP contribution in [-0.4, -0.2) is 49.4 Å². The van der Waals surface area contributed by atoms with E-state index in [1.54, 1.807) is 25.2 Å². The maximum absolute atomic E-state index is 12.7. The minimum Gasteiger partial charge on any atom is -0.491 e. The van der Waals surface area contributed by atoms with Gasteiger partial charge in [-0.15, -0.1) is 0 Å². The molecular weight excluding hydrogens is 370 g/mol. The third-order valence-corrected chi connectivity index (χ3v) is 4.80. The van der Waals surface area contributed by atoms with Crippen LogP contribution in [0.2, 0.25) is 0 Å². The summed E-state index contributed by atoms with van der Waals surface area (Å²) in [5, 5.41) is 2.85. The number of amides is 3. The Kier molecular flexibility index (Phi) is 6.49. The smallest absolute Gasteiger partial charge is 0.243 e. The average Bonchev–Trinajstić information content (AvgIpc) is 2.87. The maximum Gasteiger partial charge on any atom is 0.243 e. The molecule has 29 heavy (non-hydrogen) atoms. The van der Waals surface area contributed by atoms with Gasteiger partial charge in [0, 0.05) is 12.7 Å². The number of aryl methyl sites for hydroxylation is 1. The number of nitrogens with one attached hydrogen (secondary N) is 1. The minimum atomic E-state index is -0.325. The fraction of sp³-hybridized carbons (Fsp3) is 0.318. The highest BCUT2D eigenvalue weighted by Crippen LogP contribution is 2.30. The molecule has 1 aliphatic rings. The van der Waals surface area contributed by atoms with E-state index < -0.39 is 0 Å². The first-order valence-corrected chi connectivity index (χ1v) is 9.63. The minimum absolute atomic E-state index is 0.100. The topological polar surface area (TPSA) is 79.0 Å². The van der Waals surface area contributed by atoms with E-state index in [1.165, 1.54) is 9.80 Å². The van der Waals surface area contributed by atoms with Crippen LogP contribution in [-0.2, 0) is 20.8 Å². The van der Waals surface area contributed by atoms with E-state index in [9.17, 15) is 14.4 Å². The van der Waals surface area contributed by atoms with Crippen LogP contribution in [0.15, 0.2) is 48.5 Å². The molecule has 0 fully saturated rings. The van der Waals surface area contributed by atoms with Crippen LogP contribution in [0.1, 0.15) is 18.9 Å². The second-order valence-corrected chi connectivity index (χ2v) is 6.85. The van der Waals surface area contributed by atoms with E-state index in [4.69, 9.17) is 4.74 Å². The third kappa shape index (κ3) is 4.93. The number of carbonyl (C=O) groups is 3. The Bertz CT molecular complexity index is 912. The van der Waals surface area contributed by atoms with Crippen LogP contribution in [0.5, 0.6) is 5.75 Å². The summed E-state index contributed by atoms with van der Waals surface area (Å²) in [5.74, 6) is -0.220. The van der Waals surface area contributed by atoms with Gasteiger partial charge in [-0.2, -0.15) is 0 Å². The number of ether oxygens (including phenoxy) is 1. The van der Waals surface area contributed by atoms with E-state index in [2.05, 4.69) is 5.32 Å². The molecule has 3 rings (SSSR count). The Morgan fingerprint density at radius 2 is 1.86 bits per heavy atom. The summed E-state index contributed by atoms with van der Waals surface area (Å²) < 4.78 is 5.59. The van der Waals surface area contributed by atoms with Crippen molar-refractivity contribution >= 4 is 29.1 Å². The van der Waals surface area contributed by atoms with Crippen molar-refractivity contribution in [3.8, 4) is 5.75 Å². The van der Waals surface area contributed by atoms with Crippen molar-refractivity contribution < 1.29 is 19.1 Å². The van der Waals surface area contributed by atoms with Gasteiger partial charge in [-0.05, 0) is 30.2 Å². The lowest BCUT2D eigenvalue weighted by Crippen LogP contribution is -2.43. The molecule has 0 saturated heterocycles. The molecule has 0 radical (unpaired) electrons. The third-order valence-electron chi connectivity index (χ3n) is 4.80. The number of rotatable bonds is 6. The van der Waals surface area contributed by atoms with Gasteiger partial charge in [0.25, 0.3) is 0 Å². The molecular formula is C22H25N3O4. The summed E-state index contributed by atoms with van der Waals surface area (Å²) in [5.41, 5.74) is 2.34. The summed E-state index contributed by atoms with van der Waals surface area (Å²) in [6.07, 6.45) is 0.990. The zero-order valence-corrected chi connectivity index (χ0v) is 16.7. The molecule has 2 aromatic carbocycles. The quantitative estimate of drug-likeness (QED) is 0.815. The van der Waals surface area contributed by atoms with Gasteiger partial charge in [0.15, 0.2) is 0 Å². The van der Waals surface area contributed by atoms with Crippen LogP contribution in [0.25, 0.3) is 0 Å². The number of hydrogen-bond acceptors (Lipinski definition) is 4. The van der Waals surface area contributed by atoms with Gasteiger partial charge < -0.3 is 15.0 Å². The van der Waals surface area contributed by atoms with Crippen LogP contribution in [0.3, 0.4) is 0 Å². The molecule has 1 heterocycles. The molecule has 0 spiro atoms. The van der Waals surface area contributed by atoms with Gasteiger partial charge in [0.05, 0.1) is 25.3 Å². The molecule has 0 unspecified atom stereocenters. The first kappa shape index (κ1) is 20.4. The number of anilines is 2. The zero-order chi connectivity index (χ0) is 20.8. The fourth-order valence-electron chi connectivity index (χ4n) is 3.19. The first-order chi connectivity index (χ1) is 14.0. The maximum atomic E-state index is 12.7.